The summed E-state index contributed by atoms with van der Waals surface area (Å²) in [4.78, 5) is 0. The molecule has 0 unspecified atom stereocenters. The number of anilines is 1. The van der Waals surface area contributed by atoms with E-state index in [1.165, 1.54) is 12.1 Å². The molecule has 0 bridgehead atoms. The van der Waals surface area contributed by atoms with E-state index in [-0.39, 0.29) is 5.82 Å². The highest BCUT2D eigenvalue weighted by Gasteiger charge is 2.11. The van der Waals surface area contributed by atoms with Gasteiger partial charge >= 0.3 is 0 Å². The molecule has 0 heterocycles. The van der Waals surface area contributed by atoms with Gasteiger partial charge in [-0.2, -0.15) is 0 Å². The first kappa shape index (κ1) is 16.6. The molecule has 0 fully saturated rings. The Balaban J connectivity index is 2.25. The van der Waals surface area contributed by atoms with E-state index >= 15 is 0 Å². The predicted octanol–water partition coefficient (Wildman–Crippen LogP) is 6.01. The summed E-state index contributed by atoms with van der Waals surface area (Å²) >= 11 is 12.9. The average Bonchev–Trinajstić information content (AvgIpc) is 2.43. The Kier molecular flexibility index (Phi) is 5.90. The first-order chi connectivity index (χ1) is 10.0. The molecule has 112 valence electrons. The fourth-order valence-corrected chi connectivity index (χ4v) is 3.16. The van der Waals surface area contributed by atoms with Crippen molar-refractivity contribution in [1.82, 2.24) is 0 Å². The van der Waals surface area contributed by atoms with Gasteiger partial charge in [0.15, 0.2) is 5.75 Å². The van der Waals surface area contributed by atoms with Crippen molar-refractivity contribution >= 4 is 49.1 Å². The molecule has 0 radical (unpaired) electrons. The maximum atomic E-state index is 13.3. The lowest BCUT2D eigenvalue weighted by Gasteiger charge is -2.15. The molecule has 21 heavy (non-hydrogen) atoms. The summed E-state index contributed by atoms with van der Waals surface area (Å²) in [7, 11) is 0. The summed E-state index contributed by atoms with van der Waals surface area (Å²) in [6, 6.07) is 8.14. The smallest absolute Gasteiger partial charge is 0.156 e. The zero-order valence-corrected chi connectivity index (χ0v) is 15.1. The van der Waals surface area contributed by atoms with E-state index in [0.29, 0.717) is 23.9 Å². The Morgan fingerprint density at radius 2 is 1.95 bits per heavy atom. The third-order valence-corrected chi connectivity index (χ3v) is 4.35. The zero-order valence-electron chi connectivity index (χ0n) is 11.2. The van der Waals surface area contributed by atoms with Crippen LogP contribution >= 0.6 is 43.5 Å². The third kappa shape index (κ3) is 4.34. The van der Waals surface area contributed by atoms with Gasteiger partial charge in [0, 0.05) is 16.0 Å². The van der Waals surface area contributed by atoms with Gasteiger partial charge in [-0.3, -0.25) is 0 Å². The van der Waals surface area contributed by atoms with Gasteiger partial charge in [-0.15, -0.1) is 0 Å². The molecule has 2 aromatic carbocycles. The topological polar surface area (TPSA) is 21.3 Å². The Morgan fingerprint density at radius 1 is 1.19 bits per heavy atom. The van der Waals surface area contributed by atoms with E-state index in [1.54, 1.807) is 18.2 Å². The number of nitrogens with one attached hydrogen (secondary N) is 1. The van der Waals surface area contributed by atoms with Crippen molar-refractivity contribution in [3.05, 3.63) is 55.7 Å². The van der Waals surface area contributed by atoms with Crippen LogP contribution in [-0.4, -0.2) is 6.61 Å². The van der Waals surface area contributed by atoms with Gasteiger partial charge in [0.2, 0.25) is 0 Å². The maximum absolute atomic E-state index is 13.3. The highest BCUT2D eigenvalue weighted by atomic mass is 79.9. The molecule has 0 aromatic heterocycles. The predicted molar refractivity (Wildman–Crippen MR) is 91.7 cm³/mol. The molecule has 1 N–H and O–H groups in total. The average molecular weight is 438 g/mol. The van der Waals surface area contributed by atoms with Crippen LogP contribution < -0.4 is 10.1 Å². The Bertz CT molecular complexity index is 652. The van der Waals surface area contributed by atoms with Gasteiger partial charge in [0.05, 0.1) is 16.8 Å². The molecule has 0 amide bonds. The van der Waals surface area contributed by atoms with Crippen LogP contribution in [0.4, 0.5) is 10.1 Å². The molecule has 2 rings (SSSR count). The molecule has 6 heteroatoms. The number of ether oxygens (including phenoxy) is 1. The van der Waals surface area contributed by atoms with Crippen LogP contribution in [0.15, 0.2) is 39.3 Å². The van der Waals surface area contributed by atoms with Crippen LogP contribution in [0.1, 0.15) is 12.5 Å². The van der Waals surface area contributed by atoms with Crippen LogP contribution in [0, 0.1) is 5.82 Å². The lowest BCUT2D eigenvalue weighted by Crippen LogP contribution is -2.04. The Morgan fingerprint density at radius 3 is 2.67 bits per heavy atom. The van der Waals surface area contributed by atoms with Gasteiger partial charge in [0.25, 0.3) is 0 Å². The van der Waals surface area contributed by atoms with Crippen LogP contribution in [0.2, 0.25) is 5.02 Å². The van der Waals surface area contributed by atoms with Crippen molar-refractivity contribution in [3.63, 3.8) is 0 Å². The second kappa shape index (κ2) is 7.47. The highest BCUT2D eigenvalue weighted by Crippen LogP contribution is 2.37. The van der Waals surface area contributed by atoms with E-state index in [1.807, 2.05) is 6.92 Å². The fourth-order valence-electron chi connectivity index (χ4n) is 1.85. The molecular formula is C15H13Br2ClFNO. The molecule has 0 saturated carbocycles. The van der Waals surface area contributed by atoms with Gasteiger partial charge in [-0.1, -0.05) is 27.5 Å². The second-order valence-electron chi connectivity index (χ2n) is 4.29. The van der Waals surface area contributed by atoms with Crippen molar-refractivity contribution in [1.29, 1.82) is 0 Å². The van der Waals surface area contributed by atoms with Crippen LogP contribution in [0.5, 0.6) is 5.75 Å². The lowest BCUT2D eigenvalue weighted by atomic mass is 10.2. The summed E-state index contributed by atoms with van der Waals surface area (Å²) in [6.07, 6.45) is 0. The van der Waals surface area contributed by atoms with Crippen molar-refractivity contribution in [2.45, 2.75) is 13.5 Å². The van der Waals surface area contributed by atoms with Gasteiger partial charge in [0.1, 0.15) is 5.82 Å². The number of hydrogen-bond donors (Lipinski definition) is 1. The fraction of sp³-hybridized carbons (Fsp3) is 0.200. The number of benzene rings is 2. The monoisotopic (exact) mass is 435 g/mol. The van der Waals surface area contributed by atoms with Crippen molar-refractivity contribution in [3.8, 4) is 5.75 Å². The summed E-state index contributed by atoms with van der Waals surface area (Å²) in [6.45, 7) is 2.90. The minimum Gasteiger partial charge on any atom is -0.491 e. The molecule has 0 aliphatic rings. The standard InChI is InChI=1S/C15H13Br2ClFNO/c1-2-21-15-13(17)6-10(18)7-14(15)20-8-9-5-11(19)3-4-12(9)16/h3-7,20H,2,8H2,1H3. The summed E-state index contributed by atoms with van der Waals surface area (Å²) in [5, 5.41) is 3.82. The first-order valence-electron chi connectivity index (χ1n) is 6.31. The molecule has 0 saturated heterocycles. The summed E-state index contributed by atoms with van der Waals surface area (Å²) in [5.74, 6) is 0.418. The van der Waals surface area contributed by atoms with Crippen LogP contribution in [-0.2, 0) is 6.54 Å². The lowest BCUT2D eigenvalue weighted by molar-refractivity contribution is 0.339. The zero-order chi connectivity index (χ0) is 15.4. The molecule has 0 aliphatic heterocycles. The van der Waals surface area contributed by atoms with E-state index in [9.17, 15) is 4.39 Å². The SMILES string of the molecule is CCOc1c(Br)cc(Cl)cc1NCc1cc(F)ccc1Br. The molecule has 0 atom stereocenters. The van der Waals surface area contributed by atoms with E-state index < -0.39 is 0 Å². The minimum absolute atomic E-state index is 0.271. The highest BCUT2D eigenvalue weighted by molar-refractivity contribution is 9.10. The first-order valence-corrected chi connectivity index (χ1v) is 8.27. The molecule has 0 aliphatic carbocycles. The quantitative estimate of drug-likeness (QED) is 0.618. The molecule has 2 nitrogen and oxygen atoms in total. The normalized spacial score (nSPS) is 10.5. The second-order valence-corrected chi connectivity index (χ2v) is 6.43. The van der Waals surface area contributed by atoms with E-state index in [4.69, 9.17) is 16.3 Å². The minimum atomic E-state index is -0.271. The molecular weight excluding hydrogens is 424 g/mol. The van der Waals surface area contributed by atoms with Crippen molar-refractivity contribution in [2.75, 3.05) is 11.9 Å². The molecule has 2 aromatic rings. The number of rotatable bonds is 5. The Labute approximate surface area is 144 Å². The number of hydrogen-bond acceptors (Lipinski definition) is 2. The third-order valence-electron chi connectivity index (χ3n) is 2.77. The number of halogens is 4. The van der Waals surface area contributed by atoms with Crippen LogP contribution in [0.3, 0.4) is 0 Å². The van der Waals surface area contributed by atoms with Gasteiger partial charge in [-0.25, -0.2) is 4.39 Å². The van der Waals surface area contributed by atoms with Gasteiger partial charge in [-0.05, 0) is 58.7 Å². The van der Waals surface area contributed by atoms with E-state index in [2.05, 4.69) is 37.2 Å². The summed E-state index contributed by atoms with van der Waals surface area (Å²) in [5.41, 5.74) is 1.57. The molecule has 0 spiro atoms. The van der Waals surface area contributed by atoms with Crippen LogP contribution in [0.25, 0.3) is 0 Å². The Hall–Kier alpha value is -0.780. The van der Waals surface area contributed by atoms with Crippen molar-refractivity contribution in [2.24, 2.45) is 0 Å². The van der Waals surface area contributed by atoms with Gasteiger partial charge < -0.3 is 10.1 Å². The maximum Gasteiger partial charge on any atom is 0.156 e. The largest absolute Gasteiger partial charge is 0.491 e. The van der Waals surface area contributed by atoms with Crippen molar-refractivity contribution < 1.29 is 9.13 Å². The summed E-state index contributed by atoms with van der Waals surface area (Å²) < 4.78 is 20.5. The van der Waals surface area contributed by atoms with E-state index in [0.717, 1.165) is 20.2 Å².